The third-order valence-electron chi connectivity index (χ3n) is 18.8. The molecule has 14 aromatic rings. The van der Waals surface area contributed by atoms with Crippen molar-refractivity contribution >= 4 is 158 Å². The van der Waals surface area contributed by atoms with E-state index in [0.717, 1.165) is 39.8 Å². The maximum atomic E-state index is 2.64. The summed E-state index contributed by atoms with van der Waals surface area (Å²) in [6.07, 6.45) is 0. The van der Waals surface area contributed by atoms with Crippen LogP contribution in [0.15, 0.2) is 279 Å². The molecular formula is C78H55B2N5. The second-order valence-electron chi connectivity index (χ2n) is 24.4. The molecule has 0 saturated carbocycles. The first kappa shape index (κ1) is 48.1. The molecule has 1 aromatic heterocycles. The van der Waals surface area contributed by atoms with Crippen molar-refractivity contribution < 1.29 is 0 Å². The average Bonchev–Trinajstić information content (AvgIpc) is 0.978. The highest BCUT2D eigenvalue weighted by Gasteiger charge is 2.49. The van der Waals surface area contributed by atoms with Crippen LogP contribution >= 0.6 is 0 Å². The second kappa shape index (κ2) is 18.0. The van der Waals surface area contributed by atoms with Crippen molar-refractivity contribution in [2.45, 2.75) is 26.2 Å². The van der Waals surface area contributed by atoms with Crippen molar-refractivity contribution in [3.63, 3.8) is 0 Å². The van der Waals surface area contributed by atoms with Crippen molar-refractivity contribution in [3.05, 3.63) is 285 Å². The van der Waals surface area contributed by atoms with Gasteiger partial charge in [0.25, 0.3) is 13.4 Å². The highest BCUT2D eigenvalue weighted by atomic mass is 15.2. The molecule has 0 unspecified atom stereocenters. The zero-order valence-corrected chi connectivity index (χ0v) is 47.4. The molecule has 0 radical (unpaired) electrons. The Hall–Kier alpha value is -10.5. The lowest BCUT2D eigenvalue weighted by molar-refractivity contribution is 0.590. The van der Waals surface area contributed by atoms with Crippen molar-refractivity contribution in [2.75, 3.05) is 19.6 Å². The molecule has 85 heavy (non-hydrogen) atoms. The number of anilines is 12. The molecule has 5 nitrogen and oxygen atoms in total. The molecule has 4 aliphatic rings. The van der Waals surface area contributed by atoms with Gasteiger partial charge in [0.1, 0.15) is 0 Å². The summed E-state index contributed by atoms with van der Waals surface area (Å²) in [7, 11) is 0. The Morgan fingerprint density at radius 3 is 1.04 bits per heavy atom. The highest BCUT2D eigenvalue weighted by molar-refractivity contribution is 7.03. The summed E-state index contributed by atoms with van der Waals surface area (Å²) < 4.78 is 2.56. The number of para-hydroxylation sites is 6. The standard InChI is InChI=1S/C78H55B2N5/c1-78(2,3)52-44-70-76-71(45-52)83(55-30-12-6-13-31-55)68-49-69-63(48-62(68)79(76)60-36-20-22-38-64(60)81(70)53-26-8-4-9-27-53)80-61-37-21-23-39-65(61)82(54-28-10-5-11-29-54)72-46-57(47-73(77(72)80)84(69)56-32-14-7-15-33-56)85-66-42-40-50-24-16-18-34-58(50)74(66)75-59-35-19-17-25-51(59)41-43-67(75)85/h4-49H,1-3H3. The lowest BCUT2D eigenvalue weighted by Gasteiger charge is -2.47. The van der Waals surface area contributed by atoms with Crippen molar-refractivity contribution in [1.29, 1.82) is 0 Å². The van der Waals surface area contributed by atoms with E-state index in [2.05, 4.69) is 324 Å². The molecule has 0 saturated heterocycles. The van der Waals surface area contributed by atoms with Gasteiger partial charge in [-0.1, -0.05) is 197 Å². The molecule has 13 aromatic carbocycles. The van der Waals surface area contributed by atoms with Crippen LogP contribution in [0.4, 0.5) is 68.2 Å². The van der Waals surface area contributed by atoms with Crippen LogP contribution in [0.25, 0.3) is 49.0 Å². The van der Waals surface area contributed by atoms with Gasteiger partial charge in [-0.15, -0.1) is 0 Å². The third kappa shape index (κ3) is 6.89. The molecular weight excluding hydrogens is 1030 g/mol. The van der Waals surface area contributed by atoms with Crippen molar-refractivity contribution in [2.24, 2.45) is 0 Å². The van der Waals surface area contributed by atoms with E-state index >= 15 is 0 Å². The predicted molar refractivity (Wildman–Crippen MR) is 363 cm³/mol. The normalized spacial score (nSPS) is 13.7. The first-order chi connectivity index (χ1) is 41.9. The van der Waals surface area contributed by atoms with E-state index in [4.69, 9.17) is 0 Å². The molecule has 0 atom stereocenters. The molecule has 7 heteroatoms. The summed E-state index contributed by atoms with van der Waals surface area (Å²) in [6, 6.07) is 105. The number of rotatable bonds is 5. The Bertz CT molecular complexity index is 5000. The largest absolute Gasteiger partial charge is 0.311 e. The summed E-state index contributed by atoms with van der Waals surface area (Å²) in [4.78, 5) is 10.3. The van der Waals surface area contributed by atoms with Gasteiger partial charge >= 0.3 is 0 Å². The monoisotopic (exact) mass is 1080 g/mol. The molecule has 0 fully saturated rings. The number of hydrogen-bond acceptors (Lipinski definition) is 4. The maximum absolute atomic E-state index is 2.64. The molecule has 0 spiro atoms. The minimum Gasteiger partial charge on any atom is -0.311 e. The highest BCUT2D eigenvalue weighted by Crippen LogP contribution is 2.51. The third-order valence-corrected chi connectivity index (χ3v) is 18.8. The number of nitrogens with zero attached hydrogens (tertiary/aromatic N) is 5. The zero-order chi connectivity index (χ0) is 56.2. The minimum absolute atomic E-state index is 0.0778. The van der Waals surface area contributed by atoms with Gasteiger partial charge in [-0.05, 0) is 168 Å². The maximum Gasteiger partial charge on any atom is 0.252 e. The second-order valence-corrected chi connectivity index (χ2v) is 24.4. The summed E-state index contributed by atoms with van der Waals surface area (Å²) in [5, 5.41) is 7.51. The fourth-order valence-corrected chi connectivity index (χ4v) is 15.2. The van der Waals surface area contributed by atoms with E-state index in [1.807, 2.05) is 0 Å². The molecule has 18 rings (SSSR count). The summed E-state index contributed by atoms with van der Waals surface area (Å²) in [6.45, 7) is 6.85. The summed E-state index contributed by atoms with van der Waals surface area (Å²) in [5.41, 5.74) is 26.3. The van der Waals surface area contributed by atoms with Crippen molar-refractivity contribution in [3.8, 4) is 5.69 Å². The smallest absolute Gasteiger partial charge is 0.252 e. The van der Waals surface area contributed by atoms with Crippen LogP contribution in [-0.4, -0.2) is 18.0 Å². The number of benzene rings is 13. The van der Waals surface area contributed by atoms with E-state index in [9.17, 15) is 0 Å². The van der Waals surface area contributed by atoms with Gasteiger partial charge in [-0.2, -0.15) is 0 Å². The predicted octanol–water partition coefficient (Wildman–Crippen LogP) is 16.6. The van der Waals surface area contributed by atoms with Crippen LogP contribution in [0.2, 0.25) is 0 Å². The Balaban J connectivity index is 0.981. The van der Waals surface area contributed by atoms with Crippen LogP contribution in [0.1, 0.15) is 26.3 Å². The first-order valence-electron chi connectivity index (χ1n) is 29.8. The fourth-order valence-electron chi connectivity index (χ4n) is 15.2. The van der Waals surface area contributed by atoms with Gasteiger partial charge in [0.2, 0.25) is 0 Å². The molecule has 0 aliphatic carbocycles. The number of hydrogen-bond donors (Lipinski definition) is 0. The Morgan fingerprint density at radius 1 is 0.271 bits per heavy atom. The molecule has 0 bridgehead atoms. The van der Waals surface area contributed by atoms with Gasteiger partial charge in [0, 0.05) is 79.0 Å². The van der Waals surface area contributed by atoms with Crippen LogP contribution in [0, 0.1) is 0 Å². The summed E-state index contributed by atoms with van der Waals surface area (Å²) >= 11 is 0. The van der Waals surface area contributed by atoms with Crippen LogP contribution in [-0.2, 0) is 5.41 Å². The van der Waals surface area contributed by atoms with E-state index < -0.39 is 0 Å². The minimum atomic E-state index is -0.152. The average molecular weight is 1080 g/mol. The van der Waals surface area contributed by atoms with Gasteiger partial charge in [0.15, 0.2) is 0 Å². The summed E-state index contributed by atoms with van der Waals surface area (Å²) in [5.74, 6) is 0. The quantitative estimate of drug-likeness (QED) is 0.160. The van der Waals surface area contributed by atoms with E-state index in [1.165, 1.54) is 116 Å². The number of aromatic nitrogens is 1. The van der Waals surface area contributed by atoms with E-state index in [-0.39, 0.29) is 18.8 Å². The van der Waals surface area contributed by atoms with Gasteiger partial charge < -0.3 is 24.2 Å². The molecule has 0 amide bonds. The molecule has 4 aliphatic heterocycles. The lowest BCUT2D eigenvalue weighted by Crippen LogP contribution is -2.65. The SMILES string of the molecule is CC(C)(C)c1cc2c3c(c1)N(c1ccccc1)c1cc4c(cc1B3c1ccccc1N2c1ccccc1)B1c2ccccc2N(c2ccccc2)c2cc(-n3c5ccc6ccccc6c5c5c6ccccc6ccc53)cc(c21)N4c1ccccc1. The Labute approximate surface area is 495 Å². The molecule has 398 valence electrons. The zero-order valence-electron chi connectivity index (χ0n) is 47.4. The van der Waals surface area contributed by atoms with Crippen molar-refractivity contribution in [1.82, 2.24) is 4.57 Å². The van der Waals surface area contributed by atoms with E-state index in [1.54, 1.807) is 0 Å². The van der Waals surface area contributed by atoms with Gasteiger partial charge in [0.05, 0.1) is 16.7 Å². The van der Waals surface area contributed by atoms with Gasteiger partial charge in [-0.25, -0.2) is 0 Å². The lowest BCUT2D eigenvalue weighted by atomic mass is 9.30. The van der Waals surface area contributed by atoms with E-state index in [0.29, 0.717) is 0 Å². The number of fused-ring (bicyclic) bond motifs is 15. The molecule has 5 heterocycles. The van der Waals surface area contributed by atoms with Crippen LogP contribution in [0.5, 0.6) is 0 Å². The topological polar surface area (TPSA) is 17.9 Å². The fraction of sp³-hybridized carbons (Fsp3) is 0.0513. The Morgan fingerprint density at radius 2 is 0.624 bits per heavy atom. The van der Waals surface area contributed by atoms with Crippen LogP contribution in [0.3, 0.4) is 0 Å². The Kier molecular flexibility index (Phi) is 10.2. The first-order valence-corrected chi connectivity index (χ1v) is 29.8. The van der Waals surface area contributed by atoms with Crippen LogP contribution < -0.4 is 52.4 Å². The van der Waals surface area contributed by atoms with Gasteiger partial charge in [-0.3, -0.25) is 0 Å². The molecule has 0 N–H and O–H groups in total.